The van der Waals surface area contributed by atoms with E-state index in [-0.39, 0.29) is 12.0 Å². The van der Waals surface area contributed by atoms with Crippen LogP contribution in [-0.4, -0.2) is 38.0 Å². The summed E-state index contributed by atoms with van der Waals surface area (Å²) < 4.78 is 11.2. The first kappa shape index (κ1) is 19.8. The van der Waals surface area contributed by atoms with Crippen LogP contribution in [0.5, 0.6) is 11.5 Å². The summed E-state index contributed by atoms with van der Waals surface area (Å²) in [6.45, 7) is 10.4. The number of hydrogen-bond acceptors (Lipinski definition) is 4. The van der Waals surface area contributed by atoms with E-state index >= 15 is 0 Å². The molecule has 0 heterocycles. The smallest absolute Gasteiger partial charge is 0.123 e. The highest BCUT2D eigenvalue weighted by Gasteiger charge is 2.20. The van der Waals surface area contributed by atoms with E-state index in [1.807, 2.05) is 18.2 Å². The lowest BCUT2D eigenvalue weighted by Gasteiger charge is -2.24. The lowest BCUT2D eigenvalue weighted by molar-refractivity contribution is 0.105. The maximum absolute atomic E-state index is 10.0. The molecule has 4 heteroatoms. The second kappa shape index (κ2) is 9.78. The van der Waals surface area contributed by atoms with Gasteiger partial charge in [0.2, 0.25) is 0 Å². The topological polar surface area (TPSA) is 50.7 Å². The fraction of sp³-hybridized carbons (Fsp3) is 0.684. The fourth-order valence-electron chi connectivity index (χ4n) is 2.36. The molecule has 0 saturated heterocycles. The first-order valence-electron chi connectivity index (χ1n) is 8.58. The number of aliphatic hydroxyl groups excluding tert-OH is 1. The van der Waals surface area contributed by atoms with E-state index < -0.39 is 6.10 Å². The molecule has 23 heavy (non-hydrogen) atoms. The molecule has 132 valence electrons. The molecule has 0 fully saturated rings. The van der Waals surface area contributed by atoms with Gasteiger partial charge in [-0.15, -0.1) is 0 Å². The summed E-state index contributed by atoms with van der Waals surface area (Å²) in [5.41, 5.74) is 1.03. The summed E-state index contributed by atoms with van der Waals surface area (Å²) >= 11 is 0. The van der Waals surface area contributed by atoms with Gasteiger partial charge < -0.3 is 19.9 Å². The van der Waals surface area contributed by atoms with E-state index in [4.69, 9.17) is 9.47 Å². The fourth-order valence-corrected chi connectivity index (χ4v) is 2.36. The Morgan fingerprint density at radius 3 is 2.57 bits per heavy atom. The van der Waals surface area contributed by atoms with Gasteiger partial charge in [0.15, 0.2) is 0 Å². The minimum absolute atomic E-state index is 0.0484. The number of methoxy groups -OCH3 is 1. The van der Waals surface area contributed by atoms with Gasteiger partial charge in [0, 0.05) is 12.1 Å². The quantitative estimate of drug-likeness (QED) is 0.647. The average Bonchev–Trinajstić information content (AvgIpc) is 2.51. The van der Waals surface area contributed by atoms with Crippen molar-refractivity contribution in [2.45, 2.75) is 58.5 Å². The maximum atomic E-state index is 10.0. The number of benzene rings is 1. The van der Waals surface area contributed by atoms with Crippen LogP contribution in [0.25, 0.3) is 0 Å². The normalized spacial score (nSPS) is 13.0. The zero-order chi connectivity index (χ0) is 17.3. The predicted molar refractivity (Wildman–Crippen MR) is 95.6 cm³/mol. The molecule has 0 aliphatic heterocycles. The van der Waals surface area contributed by atoms with E-state index in [2.05, 4.69) is 33.0 Å². The Morgan fingerprint density at radius 1 is 1.22 bits per heavy atom. The van der Waals surface area contributed by atoms with Gasteiger partial charge in [0.05, 0.1) is 7.11 Å². The van der Waals surface area contributed by atoms with Crippen LogP contribution in [0.15, 0.2) is 18.2 Å². The Hall–Kier alpha value is -1.26. The van der Waals surface area contributed by atoms with Crippen LogP contribution < -0.4 is 14.8 Å². The van der Waals surface area contributed by atoms with E-state index in [9.17, 15) is 5.11 Å². The van der Waals surface area contributed by atoms with Crippen molar-refractivity contribution in [1.29, 1.82) is 0 Å². The minimum Gasteiger partial charge on any atom is -0.497 e. The second-order valence-electron chi connectivity index (χ2n) is 6.99. The lowest BCUT2D eigenvalue weighted by atomic mass is 9.86. The largest absolute Gasteiger partial charge is 0.497 e. The molecule has 1 rings (SSSR count). The number of ether oxygens (including phenoxy) is 2. The van der Waals surface area contributed by atoms with Gasteiger partial charge in [0.25, 0.3) is 0 Å². The molecule has 0 radical (unpaired) electrons. The Balaban J connectivity index is 2.53. The molecule has 1 aromatic rings. The molecule has 0 unspecified atom stereocenters. The third-order valence-electron chi connectivity index (χ3n) is 3.76. The predicted octanol–water partition coefficient (Wildman–Crippen LogP) is 3.51. The standard InChI is InChI=1S/C19H33NO3/c1-6-7-8-11-20-13-15(21)14-23-18-10-9-16(22-5)12-17(18)19(2,3)4/h9-10,12,15,20-21H,6-8,11,13-14H2,1-5H3/t15-/m0/s1. The van der Waals surface area contributed by atoms with E-state index in [1.165, 1.54) is 12.8 Å². The first-order valence-corrected chi connectivity index (χ1v) is 8.58. The Bertz CT molecular complexity index is 454. The molecule has 0 amide bonds. The number of hydrogen-bond donors (Lipinski definition) is 2. The molecule has 1 atom stereocenters. The molecule has 0 spiro atoms. The Labute approximate surface area is 141 Å². The van der Waals surface area contributed by atoms with Crippen molar-refractivity contribution >= 4 is 0 Å². The Kier molecular flexibility index (Phi) is 8.42. The highest BCUT2D eigenvalue weighted by molar-refractivity contribution is 5.44. The van der Waals surface area contributed by atoms with Crippen LogP contribution in [0, 0.1) is 0 Å². The van der Waals surface area contributed by atoms with Gasteiger partial charge >= 0.3 is 0 Å². The summed E-state index contributed by atoms with van der Waals surface area (Å²) in [7, 11) is 1.66. The lowest BCUT2D eigenvalue weighted by Crippen LogP contribution is -2.32. The van der Waals surface area contributed by atoms with Gasteiger partial charge in [-0.3, -0.25) is 0 Å². The summed E-state index contributed by atoms with van der Waals surface area (Å²) in [6.07, 6.45) is 3.07. The van der Waals surface area contributed by atoms with Crippen molar-refractivity contribution in [1.82, 2.24) is 5.32 Å². The van der Waals surface area contributed by atoms with Gasteiger partial charge in [-0.25, -0.2) is 0 Å². The van der Waals surface area contributed by atoms with Crippen LogP contribution in [0.3, 0.4) is 0 Å². The van der Waals surface area contributed by atoms with Crippen LogP contribution in [0.1, 0.15) is 52.5 Å². The third-order valence-corrected chi connectivity index (χ3v) is 3.76. The molecular formula is C19H33NO3. The van der Waals surface area contributed by atoms with Gasteiger partial charge in [-0.2, -0.15) is 0 Å². The molecule has 1 aromatic carbocycles. The second-order valence-corrected chi connectivity index (χ2v) is 6.99. The third kappa shape index (κ3) is 7.23. The van der Waals surface area contributed by atoms with E-state index in [0.29, 0.717) is 6.54 Å². The average molecular weight is 323 g/mol. The van der Waals surface area contributed by atoms with Crippen molar-refractivity contribution in [2.24, 2.45) is 0 Å². The maximum Gasteiger partial charge on any atom is 0.123 e. The SMILES string of the molecule is CCCCCNC[C@H](O)COc1ccc(OC)cc1C(C)(C)C. The van der Waals surface area contributed by atoms with Gasteiger partial charge in [-0.1, -0.05) is 40.5 Å². The molecule has 0 aliphatic rings. The van der Waals surface area contributed by atoms with Crippen LogP contribution in [0.2, 0.25) is 0 Å². The van der Waals surface area contributed by atoms with Crippen molar-refractivity contribution in [3.63, 3.8) is 0 Å². The highest BCUT2D eigenvalue weighted by atomic mass is 16.5. The van der Waals surface area contributed by atoms with Gasteiger partial charge in [0.1, 0.15) is 24.2 Å². The molecule has 4 nitrogen and oxygen atoms in total. The molecule has 0 aromatic heterocycles. The first-order chi connectivity index (χ1) is 10.9. The van der Waals surface area contributed by atoms with E-state index in [1.54, 1.807) is 7.11 Å². The molecular weight excluding hydrogens is 290 g/mol. The zero-order valence-electron chi connectivity index (χ0n) is 15.3. The van der Waals surface area contributed by atoms with Crippen molar-refractivity contribution in [3.8, 4) is 11.5 Å². The summed E-state index contributed by atoms with van der Waals surface area (Å²) in [5.74, 6) is 1.63. The van der Waals surface area contributed by atoms with Crippen molar-refractivity contribution < 1.29 is 14.6 Å². The molecule has 0 saturated carbocycles. The zero-order valence-corrected chi connectivity index (χ0v) is 15.3. The van der Waals surface area contributed by atoms with Crippen LogP contribution >= 0.6 is 0 Å². The number of rotatable bonds is 10. The number of unbranched alkanes of at least 4 members (excludes halogenated alkanes) is 2. The van der Waals surface area contributed by atoms with Gasteiger partial charge in [-0.05, 0) is 36.6 Å². The minimum atomic E-state index is -0.508. The number of aliphatic hydroxyl groups is 1. The molecule has 0 aliphatic carbocycles. The van der Waals surface area contributed by atoms with Crippen LogP contribution in [0.4, 0.5) is 0 Å². The number of nitrogens with one attached hydrogen (secondary N) is 1. The molecule has 2 N–H and O–H groups in total. The van der Waals surface area contributed by atoms with E-state index in [0.717, 1.165) is 30.0 Å². The van der Waals surface area contributed by atoms with Crippen LogP contribution in [-0.2, 0) is 5.41 Å². The molecule has 0 bridgehead atoms. The van der Waals surface area contributed by atoms with Crippen molar-refractivity contribution in [2.75, 3.05) is 26.8 Å². The summed E-state index contributed by atoms with van der Waals surface area (Å²) in [4.78, 5) is 0. The summed E-state index contributed by atoms with van der Waals surface area (Å²) in [5, 5.41) is 13.3. The summed E-state index contributed by atoms with van der Waals surface area (Å²) in [6, 6.07) is 5.81. The monoisotopic (exact) mass is 323 g/mol. The highest BCUT2D eigenvalue weighted by Crippen LogP contribution is 2.34. The van der Waals surface area contributed by atoms with Crippen molar-refractivity contribution in [3.05, 3.63) is 23.8 Å². The Morgan fingerprint density at radius 2 is 1.96 bits per heavy atom.